The molecule has 0 saturated carbocycles. The average molecular weight is 223 g/mol. The van der Waals surface area contributed by atoms with Gasteiger partial charge in [-0.3, -0.25) is 4.98 Å². The van der Waals surface area contributed by atoms with Gasteiger partial charge >= 0.3 is 0 Å². The number of aromatic nitrogens is 3. The average Bonchev–Trinajstić information content (AvgIpc) is 2.78. The number of aliphatic hydroxyl groups is 1. The lowest BCUT2D eigenvalue weighted by Gasteiger charge is -1.98. The van der Waals surface area contributed by atoms with Gasteiger partial charge in [-0.2, -0.15) is 4.98 Å². The Morgan fingerprint density at radius 2 is 2.38 bits per heavy atom. The number of rotatable bonds is 3. The van der Waals surface area contributed by atoms with Crippen molar-refractivity contribution in [2.45, 2.75) is 19.4 Å². The summed E-state index contributed by atoms with van der Waals surface area (Å²) in [5.41, 5.74) is 0.178. The van der Waals surface area contributed by atoms with Gasteiger partial charge in [-0.15, -0.1) is 0 Å². The van der Waals surface area contributed by atoms with E-state index in [4.69, 9.17) is 4.52 Å². The fraction of sp³-hybridized carbons (Fsp3) is 0.300. The highest BCUT2D eigenvalue weighted by Gasteiger charge is 2.16. The Balaban J connectivity index is 2.35. The largest absolute Gasteiger partial charge is 0.385 e. The second kappa shape index (κ2) is 4.36. The zero-order valence-corrected chi connectivity index (χ0v) is 8.59. The van der Waals surface area contributed by atoms with Crippen LogP contribution in [0.15, 0.2) is 23.0 Å². The van der Waals surface area contributed by atoms with E-state index >= 15 is 0 Å². The number of pyridine rings is 1. The first-order valence-corrected chi connectivity index (χ1v) is 4.84. The van der Waals surface area contributed by atoms with Crippen LogP contribution in [0.25, 0.3) is 11.5 Å². The Morgan fingerprint density at radius 3 is 3.06 bits per heavy atom. The molecule has 2 aromatic rings. The number of hydrogen-bond donors (Lipinski definition) is 1. The third-order valence-electron chi connectivity index (χ3n) is 2.13. The second-order valence-corrected chi connectivity index (χ2v) is 3.24. The topological polar surface area (TPSA) is 72.0 Å². The molecule has 0 amide bonds. The van der Waals surface area contributed by atoms with Gasteiger partial charge in [-0.25, -0.2) is 4.39 Å². The van der Waals surface area contributed by atoms with Gasteiger partial charge in [0.15, 0.2) is 5.82 Å². The zero-order valence-electron chi connectivity index (χ0n) is 8.59. The van der Waals surface area contributed by atoms with Gasteiger partial charge in [-0.05, 0) is 12.5 Å². The summed E-state index contributed by atoms with van der Waals surface area (Å²) in [7, 11) is 0. The Hall–Kier alpha value is -1.82. The fourth-order valence-electron chi connectivity index (χ4n) is 1.21. The molecule has 0 radical (unpaired) electrons. The van der Waals surface area contributed by atoms with E-state index in [-0.39, 0.29) is 17.3 Å². The minimum atomic E-state index is -0.789. The van der Waals surface area contributed by atoms with Crippen LogP contribution in [0.2, 0.25) is 0 Å². The van der Waals surface area contributed by atoms with Crippen LogP contribution in [-0.2, 0) is 0 Å². The molecule has 84 valence electrons. The summed E-state index contributed by atoms with van der Waals surface area (Å²) in [5.74, 6) is -0.334. The molecule has 0 aliphatic rings. The highest BCUT2D eigenvalue weighted by Crippen LogP contribution is 2.22. The first kappa shape index (κ1) is 10.7. The minimum absolute atomic E-state index is 0.0439. The summed E-state index contributed by atoms with van der Waals surface area (Å²) in [6.45, 7) is 1.79. The molecule has 0 spiro atoms. The standard InChI is InChI=1S/C10H10FN3O2/c1-2-8(15)9-13-10(16-14-9)6-3-4-12-5-7(6)11/h3-5,8,15H,2H2,1H3. The SMILES string of the molecule is CCC(O)c1noc(-c2ccncc2F)n1. The third-order valence-corrected chi connectivity index (χ3v) is 2.13. The summed E-state index contributed by atoms with van der Waals surface area (Å²) in [4.78, 5) is 7.53. The van der Waals surface area contributed by atoms with Crippen LogP contribution in [0.4, 0.5) is 4.39 Å². The van der Waals surface area contributed by atoms with Crippen molar-refractivity contribution >= 4 is 0 Å². The molecule has 1 atom stereocenters. The van der Waals surface area contributed by atoms with Gasteiger partial charge in [0.25, 0.3) is 5.89 Å². The van der Waals surface area contributed by atoms with E-state index < -0.39 is 11.9 Å². The van der Waals surface area contributed by atoms with Crippen molar-refractivity contribution in [2.75, 3.05) is 0 Å². The molecule has 0 aliphatic carbocycles. The summed E-state index contributed by atoms with van der Waals surface area (Å²) in [6, 6.07) is 1.44. The Kier molecular flexibility index (Phi) is 2.91. The molecule has 0 aliphatic heterocycles. The summed E-state index contributed by atoms with van der Waals surface area (Å²) in [6.07, 6.45) is 2.17. The quantitative estimate of drug-likeness (QED) is 0.857. The van der Waals surface area contributed by atoms with E-state index in [1.807, 2.05) is 0 Å². The van der Waals surface area contributed by atoms with Gasteiger partial charge < -0.3 is 9.63 Å². The van der Waals surface area contributed by atoms with Crippen molar-refractivity contribution in [3.8, 4) is 11.5 Å². The third kappa shape index (κ3) is 1.92. The highest BCUT2D eigenvalue weighted by atomic mass is 19.1. The monoisotopic (exact) mass is 223 g/mol. The number of hydrogen-bond acceptors (Lipinski definition) is 5. The van der Waals surface area contributed by atoms with Crippen LogP contribution in [0, 0.1) is 5.82 Å². The van der Waals surface area contributed by atoms with Crippen molar-refractivity contribution in [2.24, 2.45) is 0 Å². The maximum Gasteiger partial charge on any atom is 0.261 e. The normalized spacial score (nSPS) is 12.7. The predicted molar refractivity (Wildman–Crippen MR) is 52.7 cm³/mol. The molecular formula is C10H10FN3O2. The molecule has 0 fully saturated rings. The van der Waals surface area contributed by atoms with Gasteiger partial charge in [-0.1, -0.05) is 12.1 Å². The van der Waals surface area contributed by atoms with E-state index in [1.165, 1.54) is 12.3 Å². The Morgan fingerprint density at radius 1 is 1.56 bits per heavy atom. The number of halogens is 1. The van der Waals surface area contributed by atoms with Crippen LogP contribution in [-0.4, -0.2) is 20.2 Å². The van der Waals surface area contributed by atoms with E-state index in [2.05, 4.69) is 15.1 Å². The fourth-order valence-corrected chi connectivity index (χ4v) is 1.21. The number of aliphatic hydroxyl groups excluding tert-OH is 1. The summed E-state index contributed by atoms with van der Waals surface area (Å²) < 4.78 is 18.2. The first-order valence-electron chi connectivity index (χ1n) is 4.84. The van der Waals surface area contributed by atoms with Crippen molar-refractivity contribution in [3.63, 3.8) is 0 Å². The molecule has 2 rings (SSSR count). The lowest BCUT2D eigenvalue weighted by atomic mass is 10.2. The van der Waals surface area contributed by atoms with Crippen molar-refractivity contribution in [1.29, 1.82) is 0 Å². The van der Waals surface area contributed by atoms with E-state index in [1.54, 1.807) is 6.92 Å². The van der Waals surface area contributed by atoms with Crippen LogP contribution in [0.5, 0.6) is 0 Å². The maximum absolute atomic E-state index is 13.3. The maximum atomic E-state index is 13.3. The zero-order chi connectivity index (χ0) is 11.5. The lowest BCUT2D eigenvalue weighted by molar-refractivity contribution is 0.159. The van der Waals surface area contributed by atoms with Crippen molar-refractivity contribution < 1.29 is 14.0 Å². The molecule has 1 unspecified atom stereocenters. The van der Waals surface area contributed by atoms with Crippen molar-refractivity contribution in [3.05, 3.63) is 30.1 Å². The predicted octanol–water partition coefficient (Wildman–Crippen LogP) is 1.71. The smallest absolute Gasteiger partial charge is 0.261 e. The molecular weight excluding hydrogens is 213 g/mol. The second-order valence-electron chi connectivity index (χ2n) is 3.24. The molecule has 1 N–H and O–H groups in total. The molecule has 6 heteroatoms. The van der Waals surface area contributed by atoms with Gasteiger partial charge in [0.2, 0.25) is 5.82 Å². The van der Waals surface area contributed by atoms with Gasteiger partial charge in [0.05, 0.1) is 11.8 Å². The number of nitrogens with zero attached hydrogens (tertiary/aromatic N) is 3. The van der Waals surface area contributed by atoms with Crippen molar-refractivity contribution in [1.82, 2.24) is 15.1 Å². The lowest BCUT2D eigenvalue weighted by Crippen LogP contribution is -1.97. The summed E-state index contributed by atoms with van der Waals surface area (Å²) >= 11 is 0. The van der Waals surface area contributed by atoms with E-state index in [0.717, 1.165) is 6.20 Å². The molecule has 2 aromatic heterocycles. The molecule has 16 heavy (non-hydrogen) atoms. The van der Waals surface area contributed by atoms with Gasteiger partial charge in [0, 0.05) is 6.20 Å². The Bertz CT molecular complexity index is 486. The van der Waals surface area contributed by atoms with Crippen LogP contribution < -0.4 is 0 Å². The molecule has 0 saturated heterocycles. The van der Waals surface area contributed by atoms with E-state index in [9.17, 15) is 9.50 Å². The van der Waals surface area contributed by atoms with Crippen LogP contribution in [0.3, 0.4) is 0 Å². The molecule has 0 bridgehead atoms. The van der Waals surface area contributed by atoms with Crippen LogP contribution in [0.1, 0.15) is 25.3 Å². The minimum Gasteiger partial charge on any atom is -0.385 e. The van der Waals surface area contributed by atoms with Gasteiger partial charge in [0.1, 0.15) is 6.10 Å². The molecule has 0 aromatic carbocycles. The highest BCUT2D eigenvalue weighted by molar-refractivity contribution is 5.52. The summed E-state index contributed by atoms with van der Waals surface area (Å²) in [5, 5.41) is 13.0. The molecule has 5 nitrogen and oxygen atoms in total. The molecule has 2 heterocycles. The Labute approximate surface area is 90.9 Å². The van der Waals surface area contributed by atoms with Crippen LogP contribution >= 0.6 is 0 Å². The van der Waals surface area contributed by atoms with E-state index in [0.29, 0.717) is 6.42 Å². The first-order chi connectivity index (χ1) is 7.72.